The molecular formula is C41H77NO4. The van der Waals surface area contributed by atoms with Gasteiger partial charge in [0.05, 0.1) is 31.3 Å². The van der Waals surface area contributed by atoms with E-state index in [0.29, 0.717) is 6.42 Å². The molecule has 0 bridgehead atoms. The van der Waals surface area contributed by atoms with E-state index in [-0.39, 0.29) is 18.9 Å². The molecule has 0 radical (unpaired) electrons. The topological polar surface area (TPSA) is 89.8 Å². The lowest BCUT2D eigenvalue weighted by Crippen LogP contribution is -2.45. The van der Waals surface area contributed by atoms with Gasteiger partial charge < -0.3 is 20.6 Å². The molecule has 0 aromatic carbocycles. The summed E-state index contributed by atoms with van der Waals surface area (Å²) in [4.78, 5) is 12.3. The third kappa shape index (κ3) is 32.5. The molecule has 5 heteroatoms. The van der Waals surface area contributed by atoms with Crippen LogP contribution in [0.4, 0.5) is 0 Å². The van der Waals surface area contributed by atoms with E-state index >= 15 is 0 Å². The van der Waals surface area contributed by atoms with Gasteiger partial charge in [-0.25, -0.2) is 0 Å². The molecule has 4 N–H and O–H groups in total. The number of aliphatic hydroxyl groups excluding tert-OH is 3. The van der Waals surface area contributed by atoms with Gasteiger partial charge in [-0.2, -0.15) is 0 Å². The minimum atomic E-state index is -0.953. The van der Waals surface area contributed by atoms with Crippen LogP contribution in [-0.4, -0.2) is 46.1 Å². The number of carbonyl (C=O) groups excluding carboxylic acids is 1. The summed E-state index contributed by atoms with van der Waals surface area (Å²) in [5, 5.41) is 33.0. The van der Waals surface area contributed by atoms with E-state index < -0.39 is 18.2 Å². The third-order valence-electron chi connectivity index (χ3n) is 8.90. The molecule has 0 spiro atoms. The third-order valence-corrected chi connectivity index (χ3v) is 8.90. The molecule has 0 rings (SSSR count). The van der Waals surface area contributed by atoms with Crippen LogP contribution in [0.3, 0.4) is 0 Å². The number of carbonyl (C=O) groups is 1. The maximum Gasteiger partial charge on any atom is 0.222 e. The fourth-order valence-corrected chi connectivity index (χ4v) is 5.81. The molecular weight excluding hydrogens is 570 g/mol. The average molecular weight is 648 g/mol. The lowest BCUT2D eigenvalue weighted by Gasteiger charge is -2.20. The number of hydrogen-bond acceptors (Lipinski definition) is 4. The van der Waals surface area contributed by atoms with Crippen molar-refractivity contribution in [3.05, 3.63) is 36.5 Å². The second-order valence-corrected chi connectivity index (χ2v) is 13.5. The summed E-state index contributed by atoms with van der Waals surface area (Å²) < 4.78 is 0. The minimum Gasteiger partial charge on any atom is -0.394 e. The van der Waals surface area contributed by atoms with Gasteiger partial charge in [-0.1, -0.05) is 172 Å². The van der Waals surface area contributed by atoms with E-state index in [4.69, 9.17) is 0 Å². The summed E-state index contributed by atoms with van der Waals surface area (Å²) in [5.41, 5.74) is 0. The molecule has 0 fully saturated rings. The van der Waals surface area contributed by atoms with Crippen molar-refractivity contribution in [2.75, 3.05) is 6.61 Å². The first kappa shape index (κ1) is 44.6. The number of aliphatic hydroxyl groups is 3. The zero-order chi connectivity index (χ0) is 33.8. The number of nitrogens with one attached hydrogen (secondary N) is 1. The Bertz CT molecular complexity index is 719. The van der Waals surface area contributed by atoms with E-state index in [1.54, 1.807) is 6.08 Å². The second kappa shape index (κ2) is 36.4. The fourth-order valence-electron chi connectivity index (χ4n) is 5.81. The predicted molar refractivity (Wildman–Crippen MR) is 199 cm³/mol. The van der Waals surface area contributed by atoms with Gasteiger partial charge in [-0.3, -0.25) is 4.79 Å². The van der Waals surface area contributed by atoms with Gasteiger partial charge in [0.25, 0.3) is 0 Å². The van der Waals surface area contributed by atoms with Crippen LogP contribution in [0.5, 0.6) is 0 Å². The Labute approximate surface area is 285 Å². The maximum atomic E-state index is 12.3. The summed E-state index contributed by atoms with van der Waals surface area (Å²) >= 11 is 0. The molecule has 0 aliphatic heterocycles. The molecule has 3 atom stereocenters. The van der Waals surface area contributed by atoms with Gasteiger partial charge in [-0.05, 0) is 51.4 Å². The first-order valence-corrected chi connectivity index (χ1v) is 19.8. The van der Waals surface area contributed by atoms with E-state index in [2.05, 4.69) is 43.5 Å². The van der Waals surface area contributed by atoms with Crippen LogP contribution in [0.2, 0.25) is 0 Å². The van der Waals surface area contributed by atoms with Crippen molar-refractivity contribution in [3.8, 4) is 0 Å². The Morgan fingerprint density at radius 3 is 1.46 bits per heavy atom. The Kier molecular flexibility index (Phi) is 35.3. The van der Waals surface area contributed by atoms with E-state index in [1.165, 1.54) is 116 Å². The van der Waals surface area contributed by atoms with E-state index in [0.717, 1.165) is 51.4 Å². The minimum absolute atomic E-state index is 0.00590. The summed E-state index contributed by atoms with van der Waals surface area (Å²) in [7, 11) is 0. The SMILES string of the molecule is CCCC/C=C\CCCCCC(O)CC(=O)NC(CO)C(O)/C=C/CC/C=C/CCCCCCCCCCCCCCCCCC. The van der Waals surface area contributed by atoms with E-state index in [9.17, 15) is 20.1 Å². The molecule has 0 aromatic heterocycles. The summed E-state index contributed by atoms with van der Waals surface area (Å²) in [6.45, 7) is 4.13. The number of unbranched alkanes of at least 4 members (excludes halogenated alkanes) is 22. The molecule has 3 unspecified atom stereocenters. The molecule has 46 heavy (non-hydrogen) atoms. The molecule has 0 saturated heterocycles. The summed E-state index contributed by atoms with van der Waals surface area (Å²) in [6.07, 6.45) is 44.4. The van der Waals surface area contributed by atoms with Crippen molar-refractivity contribution < 1.29 is 20.1 Å². The number of hydrogen-bond donors (Lipinski definition) is 4. The van der Waals surface area contributed by atoms with Crippen LogP contribution in [0.1, 0.15) is 194 Å². The van der Waals surface area contributed by atoms with Gasteiger partial charge in [-0.15, -0.1) is 0 Å². The molecule has 0 aliphatic rings. The summed E-state index contributed by atoms with van der Waals surface area (Å²) in [6, 6.07) is -0.763. The molecule has 0 aliphatic carbocycles. The highest BCUT2D eigenvalue weighted by atomic mass is 16.3. The van der Waals surface area contributed by atoms with Crippen LogP contribution in [0.25, 0.3) is 0 Å². The monoisotopic (exact) mass is 648 g/mol. The quantitative estimate of drug-likeness (QED) is 0.0407. The number of amides is 1. The van der Waals surface area contributed by atoms with Crippen molar-refractivity contribution in [1.82, 2.24) is 5.32 Å². The Morgan fingerprint density at radius 1 is 0.543 bits per heavy atom. The first-order chi connectivity index (χ1) is 22.5. The van der Waals surface area contributed by atoms with Crippen molar-refractivity contribution in [2.24, 2.45) is 0 Å². The average Bonchev–Trinajstić information content (AvgIpc) is 3.05. The molecule has 0 heterocycles. The van der Waals surface area contributed by atoms with Crippen LogP contribution in [0, 0.1) is 0 Å². The largest absolute Gasteiger partial charge is 0.394 e. The lowest BCUT2D eigenvalue weighted by atomic mass is 10.0. The predicted octanol–water partition coefficient (Wildman–Crippen LogP) is 10.8. The van der Waals surface area contributed by atoms with Crippen LogP contribution in [-0.2, 0) is 4.79 Å². The fraction of sp³-hybridized carbons (Fsp3) is 0.829. The van der Waals surface area contributed by atoms with Gasteiger partial charge in [0.1, 0.15) is 0 Å². The summed E-state index contributed by atoms with van der Waals surface area (Å²) in [5.74, 6) is -0.338. The molecule has 5 nitrogen and oxygen atoms in total. The molecule has 270 valence electrons. The van der Waals surface area contributed by atoms with Gasteiger partial charge in [0.15, 0.2) is 0 Å². The number of rotatable bonds is 35. The Morgan fingerprint density at radius 2 is 0.957 bits per heavy atom. The highest BCUT2D eigenvalue weighted by Crippen LogP contribution is 2.14. The van der Waals surface area contributed by atoms with Gasteiger partial charge in [0.2, 0.25) is 5.91 Å². The maximum absolute atomic E-state index is 12.3. The smallest absolute Gasteiger partial charge is 0.222 e. The van der Waals surface area contributed by atoms with Crippen LogP contribution < -0.4 is 5.32 Å². The molecule has 0 aromatic rings. The van der Waals surface area contributed by atoms with Crippen molar-refractivity contribution in [2.45, 2.75) is 212 Å². The standard InChI is InChI=1S/C41H77NO4/c1-3-5-7-9-11-13-14-15-16-17-18-19-20-21-22-23-24-25-27-29-31-33-35-40(45)39(37-43)42-41(46)36-38(44)34-32-30-28-26-12-10-8-6-4-2/h10,12,25,27,33,35,38-40,43-45H,3-9,11,13-24,26,28-32,34,36-37H2,1-2H3,(H,42,46)/b12-10-,27-25+,35-33+. The molecule has 1 amide bonds. The van der Waals surface area contributed by atoms with Crippen LogP contribution >= 0.6 is 0 Å². The zero-order valence-corrected chi connectivity index (χ0v) is 30.5. The highest BCUT2D eigenvalue weighted by Gasteiger charge is 2.20. The lowest BCUT2D eigenvalue weighted by molar-refractivity contribution is -0.124. The van der Waals surface area contributed by atoms with Crippen LogP contribution in [0.15, 0.2) is 36.5 Å². The Balaban J connectivity index is 3.71. The first-order valence-electron chi connectivity index (χ1n) is 19.8. The normalized spacial score (nSPS) is 14.1. The van der Waals surface area contributed by atoms with E-state index in [1.807, 2.05) is 6.08 Å². The van der Waals surface area contributed by atoms with Crippen molar-refractivity contribution >= 4 is 5.91 Å². The van der Waals surface area contributed by atoms with Gasteiger partial charge >= 0.3 is 0 Å². The molecule has 0 saturated carbocycles. The van der Waals surface area contributed by atoms with Gasteiger partial charge in [0, 0.05) is 0 Å². The number of allylic oxidation sites excluding steroid dienone is 5. The zero-order valence-electron chi connectivity index (χ0n) is 30.5. The van der Waals surface area contributed by atoms with Crippen molar-refractivity contribution in [3.63, 3.8) is 0 Å². The Hall–Kier alpha value is -1.43. The second-order valence-electron chi connectivity index (χ2n) is 13.5. The highest BCUT2D eigenvalue weighted by molar-refractivity contribution is 5.76. The van der Waals surface area contributed by atoms with Crippen molar-refractivity contribution in [1.29, 1.82) is 0 Å².